The molecule has 1 N–H and O–H groups in total. The van der Waals surface area contributed by atoms with Crippen LogP contribution in [0.15, 0.2) is 88.7 Å². The molecule has 0 aliphatic carbocycles. The summed E-state index contributed by atoms with van der Waals surface area (Å²) in [7, 11) is 0. The Hall–Kier alpha value is -3.93. The summed E-state index contributed by atoms with van der Waals surface area (Å²) in [6, 6.07) is 21.3. The van der Waals surface area contributed by atoms with Crippen LogP contribution < -0.4 is 5.43 Å². The molecule has 0 saturated carbocycles. The molecule has 0 unspecified atom stereocenters. The van der Waals surface area contributed by atoms with Gasteiger partial charge in [0.25, 0.3) is 5.91 Å². The molecule has 0 aliphatic rings. The van der Waals surface area contributed by atoms with Crippen LogP contribution in [0.5, 0.6) is 0 Å². The number of aromatic nitrogens is 2. The smallest absolute Gasteiger partial charge is 0.274 e. The second-order valence-corrected chi connectivity index (χ2v) is 6.17. The second-order valence-electron chi connectivity index (χ2n) is 6.17. The quantitative estimate of drug-likeness (QED) is 0.423. The number of hydrogen-bond acceptors (Lipinski definition) is 4. The maximum Gasteiger partial charge on any atom is 0.274 e. The predicted molar refractivity (Wildman–Crippen MR) is 108 cm³/mol. The summed E-state index contributed by atoms with van der Waals surface area (Å²) in [6.07, 6.45) is 4.96. The van der Waals surface area contributed by atoms with Crippen LogP contribution in [0.25, 0.3) is 16.9 Å². The fourth-order valence-electron chi connectivity index (χ4n) is 2.86. The third-order valence-electron chi connectivity index (χ3n) is 4.28. The molecule has 0 saturated heterocycles. The largest absolute Gasteiger partial charge is 0.469 e. The summed E-state index contributed by atoms with van der Waals surface area (Å²) in [5.74, 6) is 0.230. The molecule has 0 fully saturated rings. The van der Waals surface area contributed by atoms with Crippen molar-refractivity contribution in [1.82, 2.24) is 15.2 Å². The van der Waals surface area contributed by atoms with Gasteiger partial charge in [0.1, 0.15) is 11.5 Å². The lowest BCUT2D eigenvalue weighted by molar-refractivity contribution is 0.0953. The molecule has 4 aromatic rings. The SMILES string of the molecule is Cc1occc1C(=O)N/N=C/c1cn(-c2ccccc2)nc1-c1ccccc1. The van der Waals surface area contributed by atoms with Gasteiger partial charge in [-0.2, -0.15) is 10.2 Å². The highest BCUT2D eigenvalue weighted by Gasteiger charge is 2.12. The van der Waals surface area contributed by atoms with Crippen molar-refractivity contribution in [3.05, 3.63) is 96.1 Å². The first kappa shape index (κ1) is 17.5. The molecular weight excluding hydrogens is 352 g/mol. The van der Waals surface area contributed by atoms with Crippen molar-refractivity contribution in [3.63, 3.8) is 0 Å². The summed E-state index contributed by atoms with van der Waals surface area (Å²) >= 11 is 0. The summed E-state index contributed by atoms with van der Waals surface area (Å²) in [5.41, 5.74) is 6.48. The molecule has 2 aromatic heterocycles. The molecule has 0 atom stereocenters. The predicted octanol–water partition coefficient (Wildman–Crippen LogP) is 4.20. The Labute approximate surface area is 162 Å². The Morgan fingerprint density at radius 1 is 1.07 bits per heavy atom. The van der Waals surface area contributed by atoms with Crippen LogP contribution in [0.3, 0.4) is 0 Å². The van der Waals surface area contributed by atoms with Crippen molar-refractivity contribution in [3.8, 4) is 16.9 Å². The number of hydrazone groups is 1. The number of carbonyl (C=O) groups excluding carboxylic acids is 1. The lowest BCUT2D eigenvalue weighted by Gasteiger charge is -2.00. The van der Waals surface area contributed by atoms with Crippen LogP contribution in [-0.2, 0) is 0 Å². The van der Waals surface area contributed by atoms with E-state index in [1.54, 1.807) is 23.9 Å². The second kappa shape index (κ2) is 7.75. The Morgan fingerprint density at radius 2 is 1.79 bits per heavy atom. The highest BCUT2D eigenvalue weighted by molar-refractivity contribution is 5.96. The van der Waals surface area contributed by atoms with Crippen molar-refractivity contribution >= 4 is 12.1 Å². The van der Waals surface area contributed by atoms with E-state index < -0.39 is 0 Å². The van der Waals surface area contributed by atoms with Crippen LogP contribution >= 0.6 is 0 Å². The molecule has 4 rings (SSSR count). The minimum atomic E-state index is -0.320. The zero-order valence-corrected chi connectivity index (χ0v) is 15.2. The van der Waals surface area contributed by atoms with E-state index in [0.717, 1.165) is 22.5 Å². The van der Waals surface area contributed by atoms with Gasteiger partial charge >= 0.3 is 0 Å². The number of furan rings is 1. The lowest BCUT2D eigenvalue weighted by Crippen LogP contribution is -2.17. The first-order chi connectivity index (χ1) is 13.7. The molecule has 6 nitrogen and oxygen atoms in total. The molecule has 0 radical (unpaired) electrons. The molecular formula is C22H18N4O2. The van der Waals surface area contributed by atoms with Gasteiger partial charge in [0.15, 0.2) is 0 Å². The number of benzene rings is 2. The monoisotopic (exact) mass is 370 g/mol. The third kappa shape index (κ3) is 3.61. The van der Waals surface area contributed by atoms with E-state index >= 15 is 0 Å². The van der Waals surface area contributed by atoms with Gasteiger partial charge in [0.2, 0.25) is 0 Å². The molecule has 6 heteroatoms. The van der Waals surface area contributed by atoms with Crippen molar-refractivity contribution in [2.45, 2.75) is 6.92 Å². The number of nitrogens with zero attached hydrogens (tertiary/aromatic N) is 3. The van der Waals surface area contributed by atoms with E-state index in [4.69, 9.17) is 9.52 Å². The van der Waals surface area contributed by atoms with Crippen molar-refractivity contribution in [2.75, 3.05) is 0 Å². The molecule has 0 bridgehead atoms. The van der Waals surface area contributed by atoms with E-state index in [9.17, 15) is 4.79 Å². The van der Waals surface area contributed by atoms with Crippen LogP contribution in [0, 0.1) is 6.92 Å². The number of carbonyl (C=O) groups is 1. The zero-order valence-electron chi connectivity index (χ0n) is 15.2. The Balaban J connectivity index is 1.64. The highest BCUT2D eigenvalue weighted by Crippen LogP contribution is 2.22. The fourth-order valence-corrected chi connectivity index (χ4v) is 2.86. The van der Waals surface area contributed by atoms with E-state index in [-0.39, 0.29) is 5.91 Å². The van der Waals surface area contributed by atoms with Gasteiger partial charge in [-0.3, -0.25) is 4.79 Å². The molecule has 2 aromatic carbocycles. The minimum Gasteiger partial charge on any atom is -0.469 e. The lowest BCUT2D eigenvalue weighted by atomic mass is 10.1. The van der Waals surface area contributed by atoms with E-state index in [0.29, 0.717) is 11.3 Å². The van der Waals surface area contributed by atoms with Gasteiger partial charge < -0.3 is 4.42 Å². The highest BCUT2D eigenvalue weighted by atomic mass is 16.3. The first-order valence-corrected chi connectivity index (χ1v) is 8.80. The zero-order chi connectivity index (χ0) is 19.3. The molecule has 138 valence electrons. The van der Waals surface area contributed by atoms with Crippen LogP contribution in [0.4, 0.5) is 0 Å². The normalized spacial score (nSPS) is 11.0. The van der Waals surface area contributed by atoms with E-state index in [1.807, 2.05) is 66.9 Å². The molecule has 2 heterocycles. The maximum atomic E-state index is 12.2. The average Bonchev–Trinajstić information content (AvgIpc) is 3.36. The summed E-state index contributed by atoms with van der Waals surface area (Å²) in [6.45, 7) is 1.73. The van der Waals surface area contributed by atoms with E-state index in [1.165, 1.54) is 6.26 Å². The standard InChI is InChI=1S/C22H18N4O2/c1-16-20(12-13-28-16)22(27)24-23-14-18-15-26(19-10-6-3-7-11-19)25-21(18)17-8-4-2-5-9-17/h2-15H,1H3,(H,24,27)/b23-14+. The van der Waals surface area contributed by atoms with Crippen LogP contribution in [0.2, 0.25) is 0 Å². The molecule has 1 amide bonds. The number of amides is 1. The van der Waals surface area contributed by atoms with Crippen molar-refractivity contribution < 1.29 is 9.21 Å². The Kier molecular flexibility index (Phi) is 4.84. The van der Waals surface area contributed by atoms with Gasteiger partial charge in [-0.05, 0) is 25.1 Å². The van der Waals surface area contributed by atoms with Crippen molar-refractivity contribution in [1.29, 1.82) is 0 Å². The Morgan fingerprint density at radius 3 is 2.46 bits per heavy atom. The summed E-state index contributed by atoms with van der Waals surface area (Å²) in [5, 5.41) is 8.82. The van der Waals surface area contributed by atoms with E-state index in [2.05, 4.69) is 10.5 Å². The van der Waals surface area contributed by atoms with Gasteiger partial charge in [-0.25, -0.2) is 10.1 Å². The average molecular weight is 370 g/mol. The van der Waals surface area contributed by atoms with Crippen molar-refractivity contribution in [2.24, 2.45) is 5.10 Å². The van der Waals surface area contributed by atoms with Gasteiger partial charge in [-0.15, -0.1) is 0 Å². The van der Waals surface area contributed by atoms with Crippen LogP contribution in [-0.4, -0.2) is 21.9 Å². The van der Waals surface area contributed by atoms with Gasteiger partial charge in [0.05, 0.1) is 23.7 Å². The third-order valence-corrected chi connectivity index (χ3v) is 4.28. The number of aryl methyl sites for hydroxylation is 1. The number of nitrogens with one attached hydrogen (secondary N) is 1. The number of hydrogen-bond donors (Lipinski definition) is 1. The van der Waals surface area contributed by atoms with Gasteiger partial charge in [0, 0.05) is 17.3 Å². The summed E-state index contributed by atoms with van der Waals surface area (Å²) in [4.78, 5) is 12.2. The minimum absolute atomic E-state index is 0.320. The van der Waals surface area contributed by atoms with Crippen LogP contribution in [0.1, 0.15) is 21.7 Å². The summed E-state index contributed by atoms with van der Waals surface area (Å²) < 4.78 is 6.95. The fraction of sp³-hybridized carbons (Fsp3) is 0.0455. The number of rotatable bonds is 5. The topological polar surface area (TPSA) is 72.4 Å². The molecule has 0 aliphatic heterocycles. The first-order valence-electron chi connectivity index (χ1n) is 8.80. The number of para-hydroxylation sites is 1. The Bertz CT molecular complexity index is 1110. The molecule has 28 heavy (non-hydrogen) atoms. The van der Waals surface area contributed by atoms with Gasteiger partial charge in [-0.1, -0.05) is 48.5 Å². The molecule has 0 spiro atoms. The maximum absolute atomic E-state index is 12.2.